The lowest BCUT2D eigenvalue weighted by Crippen LogP contribution is -2.14. The monoisotopic (exact) mass is 447 g/mol. The highest BCUT2D eigenvalue weighted by molar-refractivity contribution is 6.35. The number of rotatable bonds is 9. The molecule has 1 amide bonds. The number of carbonyl (C=O) groups excluding carboxylic acids is 1. The fourth-order valence-electron chi connectivity index (χ4n) is 2.96. The van der Waals surface area contributed by atoms with Crippen molar-refractivity contribution in [2.24, 2.45) is 0 Å². The van der Waals surface area contributed by atoms with Gasteiger partial charge in [0.15, 0.2) is 11.5 Å². The summed E-state index contributed by atoms with van der Waals surface area (Å²) in [6.07, 6.45) is 3.53. The van der Waals surface area contributed by atoms with Crippen molar-refractivity contribution in [1.29, 1.82) is 0 Å². The maximum Gasteiger partial charge on any atom is 0.228 e. The van der Waals surface area contributed by atoms with E-state index in [0.29, 0.717) is 47.0 Å². The van der Waals surface area contributed by atoms with E-state index in [0.717, 1.165) is 11.1 Å². The second-order valence-corrected chi connectivity index (χ2v) is 7.31. The third-order valence-corrected chi connectivity index (χ3v) is 4.98. The molecule has 0 aliphatic carbocycles. The van der Waals surface area contributed by atoms with Gasteiger partial charge in [-0.1, -0.05) is 35.3 Å². The van der Waals surface area contributed by atoms with Crippen molar-refractivity contribution in [3.8, 4) is 11.5 Å². The molecule has 3 aromatic rings. The number of hydrogen-bond donors (Lipinski definition) is 1. The molecule has 0 aliphatic rings. The second-order valence-electron chi connectivity index (χ2n) is 6.50. The summed E-state index contributed by atoms with van der Waals surface area (Å²) in [7, 11) is 0. The quantitative estimate of drug-likeness (QED) is 0.488. The van der Waals surface area contributed by atoms with E-state index in [1.54, 1.807) is 35.3 Å². The summed E-state index contributed by atoms with van der Waals surface area (Å²) in [5.41, 5.74) is 2.20. The molecule has 158 valence electrons. The van der Waals surface area contributed by atoms with Gasteiger partial charge in [-0.3, -0.25) is 9.48 Å². The van der Waals surface area contributed by atoms with Gasteiger partial charge in [0.05, 0.1) is 38.1 Å². The predicted octanol–water partition coefficient (Wildman–Crippen LogP) is 5.22. The Hall–Kier alpha value is -2.70. The number of amides is 1. The van der Waals surface area contributed by atoms with Gasteiger partial charge in [0, 0.05) is 21.8 Å². The zero-order chi connectivity index (χ0) is 21.5. The topological polar surface area (TPSA) is 65.4 Å². The van der Waals surface area contributed by atoms with Crippen LogP contribution in [-0.4, -0.2) is 28.9 Å². The molecule has 1 N–H and O–H groups in total. The van der Waals surface area contributed by atoms with Gasteiger partial charge >= 0.3 is 0 Å². The molecule has 0 saturated carbocycles. The molecule has 3 rings (SSSR count). The number of benzene rings is 2. The van der Waals surface area contributed by atoms with Crippen LogP contribution in [0.2, 0.25) is 10.0 Å². The van der Waals surface area contributed by atoms with E-state index in [1.807, 2.05) is 32.0 Å². The first kappa shape index (κ1) is 22.0. The van der Waals surface area contributed by atoms with E-state index in [1.165, 1.54) is 0 Å². The standard InChI is InChI=1S/C22H23Cl2N3O3/c1-3-29-20-9-8-15(10-21(20)30-4-2)11-22(28)26-16-12-25-27(13-16)14-17-18(23)6-5-7-19(17)24/h5-10,12-13H,3-4,11,14H2,1-2H3,(H,26,28). The summed E-state index contributed by atoms with van der Waals surface area (Å²) in [5.74, 6) is 1.15. The number of ether oxygens (including phenoxy) is 2. The van der Waals surface area contributed by atoms with Crippen LogP contribution in [0, 0.1) is 0 Å². The number of aromatic nitrogens is 2. The molecule has 0 bridgehead atoms. The number of halogens is 2. The number of carbonyl (C=O) groups is 1. The lowest BCUT2D eigenvalue weighted by molar-refractivity contribution is -0.115. The Morgan fingerprint density at radius 1 is 1.07 bits per heavy atom. The van der Waals surface area contributed by atoms with Crippen LogP contribution in [0.4, 0.5) is 5.69 Å². The van der Waals surface area contributed by atoms with E-state index in [4.69, 9.17) is 32.7 Å². The molecule has 0 fully saturated rings. The minimum absolute atomic E-state index is 0.156. The SMILES string of the molecule is CCOc1ccc(CC(=O)Nc2cnn(Cc3c(Cl)cccc3Cl)c2)cc1OCC. The van der Waals surface area contributed by atoms with E-state index in [9.17, 15) is 4.79 Å². The number of nitrogens with one attached hydrogen (secondary N) is 1. The Balaban J connectivity index is 1.64. The molecule has 8 heteroatoms. The largest absolute Gasteiger partial charge is 0.490 e. The molecule has 0 spiro atoms. The van der Waals surface area contributed by atoms with E-state index >= 15 is 0 Å². The van der Waals surface area contributed by atoms with Gasteiger partial charge in [0.1, 0.15) is 0 Å². The van der Waals surface area contributed by atoms with Crippen molar-refractivity contribution in [1.82, 2.24) is 9.78 Å². The average molecular weight is 448 g/mol. The lowest BCUT2D eigenvalue weighted by Gasteiger charge is -2.12. The van der Waals surface area contributed by atoms with Crippen molar-refractivity contribution in [3.05, 3.63) is 70.0 Å². The Morgan fingerprint density at radius 2 is 1.77 bits per heavy atom. The molecule has 1 aromatic heterocycles. The van der Waals surface area contributed by atoms with Crippen LogP contribution in [0.5, 0.6) is 11.5 Å². The summed E-state index contributed by atoms with van der Waals surface area (Å²) in [6, 6.07) is 10.9. The van der Waals surface area contributed by atoms with Crippen LogP contribution in [0.25, 0.3) is 0 Å². The molecule has 6 nitrogen and oxygen atoms in total. The Morgan fingerprint density at radius 3 is 2.47 bits per heavy atom. The molecular weight excluding hydrogens is 425 g/mol. The van der Waals surface area contributed by atoms with Gasteiger partial charge in [0.2, 0.25) is 5.91 Å². The third kappa shape index (κ3) is 5.68. The third-order valence-electron chi connectivity index (χ3n) is 4.27. The average Bonchev–Trinajstić information content (AvgIpc) is 3.14. The molecule has 0 unspecified atom stereocenters. The van der Waals surface area contributed by atoms with Crippen LogP contribution in [0.3, 0.4) is 0 Å². The van der Waals surface area contributed by atoms with Crippen LogP contribution < -0.4 is 14.8 Å². The van der Waals surface area contributed by atoms with Crippen molar-refractivity contribution in [3.63, 3.8) is 0 Å². The van der Waals surface area contributed by atoms with Crippen molar-refractivity contribution >= 4 is 34.8 Å². The summed E-state index contributed by atoms with van der Waals surface area (Å²) in [5, 5.41) is 8.28. The van der Waals surface area contributed by atoms with E-state index in [2.05, 4.69) is 10.4 Å². The maximum absolute atomic E-state index is 12.5. The number of nitrogens with zero attached hydrogens (tertiary/aromatic N) is 2. The first-order chi connectivity index (χ1) is 14.5. The van der Waals surface area contributed by atoms with Crippen LogP contribution >= 0.6 is 23.2 Å². The van der Waals surface area contributed by atoms with Gasteiger partial charge in [-0.15, -0.1) is 0 Å². The second kappa shape index (κ2) is 10.4. The summed E-state index contributed by atoms with van der Waals surface area (Å²) < 4.78 is 12.8. The van der Waals surface area contributed by atoms with E-state index < -0.39 is 0 Å². The molecule has 0 saturated heterocycles. The highest BCUT2D eigenvalue weighted by atomic mass is 35.5. The maximum atomic E-state index is 12.5. The molecular formula is C22H23Cl2N3O3. The van der Waals surface area contributed by atoms with Crippen LogP contribution in [0.1, 0.15) is 25.0 Å². The zero-order valence-electron chi connectivity index (χ0n) is 16.8. The first-order valence-electron chi connectivity index (χ1n) is 9.63. The Kier molecular flexibility index (Phi) is 7.60. The van der Waals surface area contributed by atoms with Gasteiger partial charge < -0.3 is 14.8 Å². The predicted molar refractivity (Wildman–Crippen MR) is 119 cm³/mol. The fourth-order valence-corrected chi connectivity index (χ4v) is 3.47. The Labute approximate surface area is 185 Å². The zero-order valence-corrected chi connectivity index (χ0v) is 18.3. The van der Waals surface area contributed by atoms with Crippen LogP contribution in [-0.2, 0) is 17.8 Å². The van der Waals surface area contributed by atoms with E-state index in [-0.39, 0.29) is 12.3 Å². The summed E-state index contributed by atoms with van der Waals surface area (Å²) in [6.45, 7) is 5.29. The highest BCUT2D eigenvalue weighted by Crippen LogP contribution is 2.29. The molecule has 30 heavy (non-hydrogen) atoms. The van der Waals surface area contributed by atoms with Gasteiger partial charge in [-0.25, -0.2) is 0 Å². The summed E-state index contributed by atoms with van der Waals surface area (Å²) in [4.78, 5) is 12.5. The molecule has 2 aromatic carbocycles. The van der Waals surface area contributed by atoms with Crippen molar-refractivity contribution in [2.45, 2.75) is 26.8 Å². The minimum atomic E-state index is -0.156. The first-order valence-corrected chi connectivity index (χ1v) is 10.4. The highest BCUT2D eigenvalue weighted by Gasteiger charge is 2.12. The van der Waals surface area contributed by atoms with Gasteiger partial charge in [-0.2, -0.15) is 5.10 Å². The molecule has 0 radical (unpaired) electrons. The lowest BCUT2D eigenvalue weighted by atomic mass is 10.1. The normalized spacial score (nSPS) is 10.7. The Bertz CT molecular complexity index is 1000. The van der Waals surface area contributed by atoms with Crippen LogP contribution in [0.15, 0.2) is 48.8 Å². The number of anilines is 1. The summed E-state index contributed by atoms with van der Waals surface area (Å²) >= 11 is 12.4. The number of hydrogen-bond acceptors (Lipinski definition) is 4. The minimum Gasteiger partial charge on any atom is -0.490 e. The van der Waals surface area contributed by atoms with Gasteiger partial charge in [-0.05, 0) is 43.7 Å². The van der Waals surface area contributed by atoms with Crippen molar-refractivity contribution in [2.75, 3.05) is 18.5 Å². The molecule has 1 heterocycles. The molecule has 0 aliphatic heterocycles. The smallest absolute Gasteiger partial charge is 0.228 e. The molecule has 0 atom stereocenters. The fraction of sp³-hybridized carbons (Fsp3) is 0.273. The van der Waals surface area contributed by atoms with Crippen molar-refractivity contribution < 1.29 is 14.3 Å². The van der Waals surface area contributed by atoms with Gasteiger partial charge in [0.25, 0.3) is 0 Å².